The molecule has 130 valence electrons. The van der Waals surface area contributed by atoms with Gasteiger partial charge in [-0.3, -0.25) is 4.79 Å². The Labute approximate surface area is 148 Å². The zero-order valence-electron chi connectivity index (χ0n) is 14.6. The number of carbonyl (C=O) groups is 2. The molecule has 2 aromatic rings. The van der Waals surface area contributed by atoms with Crippen LogP contribution in [0.15, 0.2) is 48.5 Å². The van der Waals surface area contributed by atoms with Crippen molar-refractivity contribution in [3.63, 3.8) is 0 Å². The van der Waals surface area contributed by atoms with Crippen molar-refractivity contribution in [3.05, 3.63) is 54.1 Å². The topological polar surface area (TPSA) is 61.4 Å². The molecule has 1 aliphatic heterocycles. The van der Waals surface area contributed by atoms with Crippen LogP contribution in [-0.2, 0) is 4.79 Å². The molecule has 2 N–H and O–H groups in total. The van der Waals surface area contributed by atoms with E-state index >= 15 is 0 Å². The molecule has 1 fully saturated rings. The summed E-state index contributed by atoms with van der Waals surface area (Å²) in [7, 11) is 1.60. The number of hydrogen-bond donors (Lipinski definition) is 2. The third-order valence-electron chi connectivity index (χ3n) is 4.63. The first kappa shape index (κ1) is 17.0. The molecular weight excluding hydrogens is 314 g/mol. The van der Waals surface area contributed by atoms with Gasteiger partial charge in [-0.25, -0.2) is 4.79 Å². The molecule has 0 saturated carbocycles. The Hall–Kier alpha value is -2.82. The standard InChI is InChI=1S/C20H23N3O2/c1-14-7-3-4-10-17(14)15-8-5-9-16(13-15)22-20(25)23-12-6-11-18(23)19(24)21-2/h3-5,7-10,13,18H,6,11-12H2,1-2H3,(H,21,24)(H,22,25). The summed E-state index contributed by atoms with van der Waals surface area (Å²) in [5, 5.41) is 5.56. The predicted molar refractivity (Wildman–Crippen MR) is 99.4 cm³/mol. The van der Waals surface area contributed by atoms with E-state index in [-0.39, 0.29) is 18.0 Å². The van der Waals surface area contributed by atoms with Crippen molar-refractivity contribution in [2.45, 2.75) is 25.8 Å². The molecule has 3 amide bonds. The van der Waals surface area contributed by atoms with E-state index in [0.717, 1.165) is 23.2 Å². The van der Waals surface area contributed by atoms with Gasteiger partial charge in [-0.05, 0) is 48.6 Å². The predicted octanol–water partition coefficient (Wildman–Crippen LogP) is 3.40. The number of amides is 3. The van der Waals surface area contributed by atoms with Crippen LogP contribution in [0.3, 0.4) is 0 Å². The van der Waals surface area contributed by atoms with Gasteiger partial charge in [0.25, 0.3) is 0 Å². The molecule has 1 heterocycles. The van der Waals surface area contributed by atoms with E-state index in [4.69, 9.17) is 0 Å². The second-order valence-corrected chi connectivity index (χ2v) is 6.29. The van der Waals surface area contributed by atoms with Crippen LogP contribution in [0.25, 0.3) is 11.1 Å². The van der Waals surface area contributed by atoms with Crippen LogP contribution in [0, 0.1) is 6.92 Å². The van der Waals surface area contributed by atoms with E-state index in [1.165, 1.54) is 5.56 Å². The third kappa shape index (κ3) is 3.65. The number of nitrogens with zero attached hydrogens (tertiary/aromatic N) is 1. The summed E-state index contributed by atoms with van der Waals surface area (Å²) < 4.78 is 0. The third-order valence-corrected chi connectivity index (χ3v) is 4.63. The smallest absolute Gasteiger partial charge is 0.322 e. The maximum atomic E-state index is 12.6. The maximum absolute atomic E-state index is 12.6. The van der Waals surface area contributed by atoms with Gasteiger partial charge in [-0.15, -0.1) is 0 Å². The van der Waals surface area contributed by atoms with Crippen molar-refractivity contribution in [3.8, 4) is 11.1 Å². The molecule has 0 spiro atoms. The quantitative estimate of drug-likeness (QED) is 0.902. The van der Waals surface area contributed by atoms with Crippen molar-refractivity contribution >= 4 is 17.6 Å². The van der Waals surface area contributed by atoms with Gasteiger partial charge < -0.3 is 15.5 Å². The average Bonchev–Trinajstić information content (AvgIpc) is 3.11. The lowest BCUT2D eigenvalue weighted by Gasteiger charge is -2.23. The number of likely N-dealkylation sites (N-methyl/N-ethyl adjacent to an activating group) is 1. The van der Waals surface area contributed by atoms with E-state index in [0.29, 0.717) is 13.0 Å². The van der Waals surface area contributed by atoms with Gasteiger partial charge in [0.2, 0.25) is 5.91 Å². The molecular formula is C20H23N3O2. The van der Waals surface area contributed by atoms with E-state index in [2.05, 4.69) is 29.7 Å². The van der Waals surface area contributed by atoms with Crippen molar-refractivity contribution < 1.29 is 9.59 Å². The summed E-state index contributed by atoms with van der Waals surface area (Å²) >= 11 is 0. The minimum atomic E-state index is -0.385. The highest BCUT2D eigenvalue weighted by Gasteiger charge is 2.33. The summed E-state index contributed by atoms with van der Waals surface area (Å²) in [5.41, 5.74) is 4.11. The van der Waals surface area contributed by atoms with Gasteiger partial charge in [0.15, 0.2) is 0 Å². The first-order chi connectivity index (χ1) is 12.1. The molecule has 0 aromatic heterocycles. The van der Waals surface area contributed by atoms with Gasteiger partial charge in [-0.2, -0.15) is 0 Å². The molecule has 0 bridgehead atoms. The maximum Gasteiger partial charge on any atom is 0.322 e. The highest BCUT2D eigenvalue weighted by atomic mass is 16.2. The number of likely N-dealkylation sites (tertiary alicyclic amines) is 1. The first-order valence-corrected chi connectivity index (χ1v) is 8.55. The van der Waals surface area contributed by atoms with Crippen LogP contribution in [0.2, 0.25) is 0 Å². The van der Waals surface area contributed by atoms with Crippen molar-refractivity contribution in [2.24, 2.45) is 0 Å². The number of rotatable bonds is 3. The van der Waals surface area contributed by atoms with Gasteiger partial charge in [0.05, 0.1) is 0 Å². The largest absolute Gasteiger partial charge is 0.357 e. The van der Waals surface area contributed by atoms with Crippen molar-refractivity contribution in [2.75, 3.05) is 18.9 Å². The van der Waals surface area contributed by atoms with Gasteiger partial charge >= 0.3 is 6.03 Å². The van der Waals surface area contributed by atoms with E-state index in [1.807, 2.05) is 36.4 Å². The molecule has 2 aromatic carbocycles. The molecule has 1 unspecified atom stereocenters. The summed E-state index contributed by atoms with van der Waals surface area (Å²) in [6.07, 6.45) is 1.55. The van der Waals surface area contributed by atoms with E-state index in [1.54, 1.807) is 11.9 Å². The SMILES string of the molecule is CNC(=O)C1CCCN1C(=O)Nc1cccc(-c2ccccc2C)c1. The molecule has 0 radical (unpaired) electrons. The van der Waals surface area contributed by atoms with Crippen LogP contribution >= 0.6 is 0 Å². The summed E-state index contributed by atoms with van der Waals surface area (Å²) in [4.78, 5) is 26.1. The molecule has 25 heavy (non-hydrogen) atoms. The lowest BCUT2D eigenvalue weighted by atomic mass is 10.0. The van der Waals surface area contributed by atoms with Gasteiger partial charge in [-0.1, -0.05) is 36.4 Å². The number of anilines is 1. The Morgan fingerprint density at radius 1 is 1.12 bits per heavy atom. The van der Waals surface area contributed by atoms with Crippen LogP contribution in [0.5, 0.6) is 0 Å². The lowest BCUT2D eigenvalue weighted by Crippen LogP contribution is -2.46. The second kappa shape index (κ2) is 7.38. The Kier molecular flexibility index (Phi) is 5.03. The number of nitrogens with one attached hydrogen (secondary N) is 2. The Morgan fingerprint density at radius 3 is 2.68 bits per heavy atom. The highest BCUT2D eigenvalue weighted by molar-refractivity contribution is 5.94. The molecule has 5 nitrogen and oxygen atoms in total. The molecule has 0 aliphatic carbocycles. The monoisotopic (exact) mass is 337 g/mol. The average molecular weight is 337 g/mol. The van der Waals surface area contributed by atoms with E-state index in [9.17, 15) is 9.59 Å². The minimum absolute atomic E-state index is 0.110. The number of urea groups is 1. The fourth-order valence-corrected chi connectivity index (χ4v) is 3.31. The fourth-order valence-electron chi connectivity index (χ4n) is 3.31. The molecule has 1 saturated heterocycles. The highest BCUT2D eigenvalue weighted by Crippen LogP contribution is 2.26. The van der Waals surface area contributed by atoms with Crippen LogP contribution < -0.4 is 10.6 Å². The normalized spacial score (nSPS) is 16.6. The number of aryl methyl sites for hydroxylation is 1. The minimum Gasteiger partial charge on any atom is -0.357 e. The Bertz CT molecular complexity index is 788. The van der Waals surface area contributed by atoms with Crippen molar-refractivity contribution in [1.82, 2.24) is 10.2 Å². The molecule has 1 atom stereocenters. The molecule has 1 aliphatic rings. The lowest BCUT2D eigenvalue weighted by molar-refractivity contribution is -0.124. The fraction of sp³-hybridized carbons (Fsp3) is 0.300. The summed E-state index contributed by atoms with van der Waals surface area (Å²) in [5.74, 6) is -0.110. The van der Waals surface area contributed by atoms with Crippen LogP contribution in [-0.4, -0.2) is 36.5 Å². The number of hydrogen-bond acceptors (Lipinski definition) is 2. The second-order valence-electron chi connectivity index (χ2n) is 6.29. The van der Waals surface area contributed by atoms with Crippen molar-refractivity contribution in [1.29, 1.82) is 0 Å². The summed E-state index contributed by atoms with van der Waals surface area (Å²) in [6.45, 7) is 2.67. The number of benzene rings is 2. The van der Waals surface area contributed by atoms with Gasteiger partial charge in [0, 0.05) is 19.3 Å². The first-order valence-electron chi connectivity index (χ1n) is 8.55. The zero-order chi connectivity index (χ0) is 17.8. The van der Waals surface area contributed by atoms with Crippen LogP contribution in [0.1, 0.15) is 18.4 Å². The number of carbonyl (C=O) groups excluding carboxylic acids is 2. The Morgan fingerprint density at radius 2 is 1.92 bits per heavy atom. The van der Waals surface area contributed by atoms with Crippen LogP contribution in [0.4, 0.5) is 10.5 Å². The Balaban J connectivity index is 1.77. The molecule has 5 heteroatoms. The van der Waals surface area contributed by atoms with E-state index < -0.39 is 0 Å². The molecule has 3 rings (SSSR count). The zero-order valence-corrected chi connectivity index (χ0v) is 14.6. The van der Waals surface area contributed by atoms with Gasteiger partial charge in [0.1, 0.15) is 6.04 Å². The summed E-state index contributed by atoms with van der Waals surface area (Å²) in [6, 6.07) is 15.3.